The summed E-state index contributed by atoms with van der Waals surface area (Å²) in [6.45, 7) is 1.93. The van der Waals surface area contributed by atoms with Crippen LogP contribution in [-0.2, 0) is 0 Å². The van der Waals surface area contributed by atoms with Crippen molar-refractivity contribution in [3.63, 3.8) is 0 Å². The number of rotatable bonds is 2. The lowest BCUT2D eigenvalue weighted by Gasteiger charge is -2.09. The van der Waals surface area contributed by atoms with Crippen LogP contribution in [0.5, 0.6) is 0 Å². The van der Waals surface area contributed by atoms with Crippen LogP contribution in [0, 0.1) is 6.92 Å². The van der Waals surface area contributed by atoms with Gasteiger partial charge < -0.3 is 5.32 Å². The van der Waals surface area contributed by atoms with Crippen molar-refractivity contribution in [2.75, 3.05) is 5.32 Å². The van der Waals surface area contributed by atoms with Crippen LogP contribution in [0.15, 0.2) is 42.5 Å². The number of benzene rings is 2. The van der Waals surface area contributed by atoms with E-state index >= 15 is 0 Å². The second-order valence-electron chi connectivity index (χ2n) is 3.87. The number of para-hydroxylation sites is 1. The molecule has 0 spiro atoms. The number of carbonyl (C=O) groups is 1. The number of hydrogen-bond donors (Lipinski definition) is 1. The normalized spacial score (nSPS) is 10.2. The molecule has 1 amide bonds. The molecule has 0 saturated carbocycles. The lowest BCUT2D eigenvalue weighted by molar-refractivity contribution is 0.102. The highest BCUT2D eigenvalue weighted by molar-refractivity contribution is 6.44. The maximum Gasteiger partial charge on any atom is 0.257 e. The van der Waals surface area contributed by atoms with Gasteiger partial charge in [0.15, 0.2) is 0 Å². The van der Waals surface area contributed by atoms with Gasteiger partial charge in [0.05, 0.1) is 15.6 Å². The van der Waals surface area contributed by atoms with Crippen molar-refractivity contribution in [2.24, 2.45) is 0 Å². The highest BCUT2D eigenvalue weighted by Crippen LogP contribution is 2.26. The quantitative estimate of drug-likeness (QED) is 0.858. The van der Waals surface area contributed by atoms with E-state index in [1.807, 2.05) is 31.2 Å². The molecule has 0 fully saturated rings. The molecule has 0 saturated heterocycles. The molecule has 0 bridgehead atoms. The maximum absolute atomic E-state index is 12.1. The van der Waals surface area contributed by atoms with E-state index in [-0.39, 0.29) is 10.9 Å². The van der Waals surface area contributed by atoms with Gasteiger partial charge in [0.25, 0.3) is 5.91 Å². The first-order valence-electron chi connectivity index (χ1n) is 5.40. The molecule has 0 aliphatic heterocycles. The van der Waals surface area contributed by atoms with Crippen molar-refractivity contribution in [1.29, 1.82) is 0 Å². The van der Waals surface area contributed by atoms with E-state index in [9.17, 15) is 4.79 Å². The minimum Gasteiger partial charge on any atom is -0.322 e. The Hall–Kier alpha value is -1.51. The van der Waals surface area contributed by atoms with E-state index in [0.717, 1.165) is 11.3 Å². The van der Waals surface area contributed by atoms with Gasteiger partial charge in [-0.3, -0.25) is 4.79 Å². The summed E-state index contributed by atoms with van der Waals surface area (Å²) in [7, 11) is 0. The number of aryl methyl sites for hydroxylation is 1. The van der Waals surface area contributed by atoms with Gasteiger partial charge in [-0.15, -0.1) is 0 Å². The van der Waals surface area contributed by atoms with Crippen molar-refractivity contribution in [2.45, 2.75) is 6.92 Å². The van der Waals surface area contributed by atoms with Crippen LogP contribution >= 0.6 is 23.2 Å². The predicted octanol–water partition coefficient (Wildman–Crippen LogP) is 4.55. The Labute approximate surface area is 116 Å². The Kier molecular flexibility index (Phi) is 3.90. The minimum atomic E-state index is -0.267. The fourth-order valence-corrected chi connectivity index (χ4v) is 1.97. The Morgan fingerprint density at radius 2 is 1.78 bits per heavy atom. The third-order valence-electron chi connectivity index (χ3n) is 2.59. The Morgan fingerprint density at radius 1 is 1.06 bits per heavy atom. The molecule has 2 aromatic rings. The summed E-state index contributed by atoms with van der Waals surface area (Å²) < 4.78 is 0. The van der Waals surface area contributed by atoms with Gasteiger partial charge in [-0.25, -0.2) is 0 Å². The molecule has 0 heterocycles. The fourth-order valence-electron chi connectivity index (χ4n) is 1.58. The lowest BCUT2D eigenvalue weighted by Crippen LogP contribution is -2.13. The van der Waals surface area contributed by atoms with Crippen molar-refractivity contribution in [1.82, 2.24) is 0 Å². The number of nitrogens with one attached hydrogen (secondary N) is 1. The summed E-state index contributed by atoms with van der Waals surface area (Å²) in [6, 6.07) is 12.5. The van der Waals surface area contributed by atoms with Gasteiger partial charge in [-0.2, -0.15) is 0 Å². The van der Waals surface area contributed by atoms with E-state index in [4.69, 9.17) is 23.2 Å². The second kappa shape index (κ2) is 5.42. The summed E-state index contributed by atoms with van der Waals surface area (Å²) in [5, 5.41) is 3.45. The lowest BCUT2D eigenvalue weighted by atomic mass is 10.1. The topological polar surface area (TPSA) is 29.1 Å². The van der Waals surface area contributed by atoms with Gasteiger partial charge in [0.2, 0.25) is 0 Å². The third kappa shape index (κ3) is 2.66. The standard InChI is InChI=1S/C14H11Cl2NO/c1-9-5-2-3-8-12(9)17-14(18)10-6-4-7-11(15)13(10)16/h2-8H,1H3,(H,17,18). The van der Waals surface area contributed by atoms with Gasteiger partial charge in [-0.05, 0) is 30.7 Å². The van der Waals surface area contributed by atoms with Crippen LogP contribution in [0.25, 0.3) is 0 Å². The van der Waals surface area contributed by atoms with Gasteiger partial charge in [0.1, 0.15) is 0 Å². The smallest absolute Gasteiger partial charge is 0.257 e. The summed E-state index contributed by atoms with van der Waals surface area (Å²) in [5.41, 5.74) is 2.12. The first-order valence-corrected chi connectivity index (χ1v) is 6.16. The third-order valence-corrected chi connectivity index (χ3v) is 3.41. The molecule has 0 radical (unpaired) electrons. The molecule has 2 nitrogen and oxygen atoms in total. The molecule has 2 rings (SSSR count). The first-order chi connectivity index (χ1) is 8.59. The van der Waals surface area contributed by atoms with Crippen molar-refractivity contribution in [3.05, 3.63) is 63.6 Å². The summed E-state index contributed by atoms with van der Waals surface area (Å²) in [4.78, 5) is 12.1. The van der Waals surface area contributed by atoms with Crippen LogP contribution < -0.4 is 5.32 Å². The number of anilines is 1. The van der Waals surface area contributed by atoms with E-state index in [2.05, 4.69) is 5.32 Å². The SMILES string of the molecule is Cc1ccccc1NC(=O)c1cccc(Cl)c1Cl. The minimum absolute atomic E-state index is 0.267. The number of amides is 1. The molecule has 4 heteroatoms. The zero-order valence-electron chi connectivity index (χ0n) is 9.71. The second-order valence-corrected chi connectivity index (χ2v) is 4.66. The van der Waals surface area contributed by atoms with E-state index in [1.165, 1.54) is 0 Å². The Balaban J connectivity index is 2.28. The van der Waals surface area contributed by atoms with Gasteiger partial charge in [0, 0.05) is 5.69 Å². The largest absolute Gasteiger partial charge is 0.322 e. The van der Waals surface area contributed by atoms with Crippen LogP contribution in [0.4, 0.5) is 5.69 Å². The Morgan fingerprint density at radius 3 is 2.50 bits per heavy atom. The zero-order valence-corrected chi connectivity index (χ0v) is 11.2. The molecule has 0 atom stereocenters. The number of hydrogen-bond acceptors (Lipinski definition) is 1. The van der Waals surface area contributed by atoms with Crippen LogP contribution in [-0.4, -0.2) is 5.91 Å². The molecule has 0 aliphatic carbocycles. The van der Waals surface area contributed by atoms with Crippen molar-refractivity contribution in [3.8, 4) is 0 Å². The van der Waals surface area contributed by atoms with E-state index in [0.29, 0.717) is 10.6 Å². The number of carbonyl (C=O) groups excluding carboxylic acids is 1. The number of halogens is 2. The molecule has 1 N–H and O–H groups in total. The molecular weight excluding hydrogens is 269 g/mol. The van der Waals surface area contributed by atoms with Crippen molar-refractivity contribution < 1.29 is 4.79 Å². The van der Waals surface area contributed by atoms with Crippen LogP contribution in [0.3, 0.4) is 0 Å². The highest BCUT2D eigenvalue weighted by atomic mass is 35.5. The summed E-state index contributed by atoms with van der Waals surface area (Å²) in [5.74, 6) is -0.267. The Bertz CT molecular complexity index is 596. The van der Waals surface area contributed by atoms with Gasteiger partial charge >= 0.3 is 0 Å². The molecule has 0 unspecified atom stereocenters. The fraction of sp³-hybridized carbons (Fsp3) is 0.0714. The van der Waals surface area contributed by atoms with E-state index in [1.54, 1.807) is 18.2 Å². The first kappa shape index (κ1) is 12.9. The molecule has 2 aromatic carbocycles. The van der Waals surface area contributed by atoms with Gasteiger partial charge in [-0.1, -0.05) is 47.5 Å². The summed E-state index contributed by atoms with van der Waals surface area (Å²) in [6.07, 6.45) is 0. The summed E-state index contributed by atoms with van der Waals surface area (Å²) >= 11 is 11.9. The zero-order chi connectivity index (χ0) is 13.1. The molecular formula is C14H11Cl2NO. The average Bonchev–Trinajstić information content (AvgIpc) is 2.35. The maximum atomic E-state index is 12.1. The van der Waals surface area contributed by atoms with Crippen molar-refractivity contribution >= 4 is 34.8 Å². The van der Waals surface area contributed by atoms with Crippen LogP contribution in [0.2, 0.25) is 10.0 Å². The molecule has 92 valence electrons. The van der Waals surface area contributed by atoms with E-state index < -0.39 is 0 Å². The average molecular weight is 280 g/mol. The molecule has 0 aliphatic rings. The molecule has 18 heavy (non-hydrogen) atoms. The molecule has 0 aromatic heterocycles. The highest BCUT2D eigenvalue weighted by Gasteiger charge is 2.13. The predicted molar refractivity (Wildman–Crippen MR) is 75.6 cm³/mol. The monoisotopic (exact) mass is 279 g/mol. The van der Waals surface area contributed by atoms with Crippen LogP contribution in [0.1, 0.15) is 15.9 Å².